The van der Waals surface area contributed by atoms with Gasteiger partial charge in [-0.1, -0.05) is 26.0 Å². The van der Waals surface area contributed by atoms with Gasteiger partial charge in [-0.3, -0.25) is 4.79 Å². The lowest BCUT2D eigenvalue weighted by Gasteiger charge is -2.19. The van der Waals surface area contributed by atoms with Gasteiger partial charge in [-0.15, -0.1) is 0 Å². The maximum Gasteiger partial charge on any atom is 0.311 e. The Morgan fingerprint density at radius 1 is 1.53 bits per heavy atom. The van der Waals surface area contributed by atoms with Gasteiger partial charge in [0, 0.05) is 0 Å². The number of benzene rings is 1. The van der Waals surface area contributed by atoms with E-state index < -0.39 is 11.9 Å². The van der Waals surface area contributed by atoms with E-state index in [2.05, 4.69) is 0 Å². The Kier molecular flexibility index (Phi) is 2.07. The Hall–Kier alpha value is -1.38. The fourth-order valence-electron chi connectivity index (χ4n) is 2.49. The summed E-state index contributed by atoms with van der Waals surface area (Å²) in [5.41, 5.74) is 0.814. The first-order valence-corrected chi connectivity index (χ1v) is 4.95. The number of hydrogen-bond donors (Lipinski definition) is 1. The molecule has 1 atom stereocenters. The van der Waals surface area contributed by atoms with Crippen molar-refractivity contribution >= 4 is 5.97 Å². The van der Waals surface area contributed by atoms with E-state index >= 15 is 0 Å². The Labute approximate surface area is 87.7 Å². The summed E-state index contributed by atoms with van der Waals surface area (Å²) in [6, 6.07) is 4.68. The highest BCUT2D eigenvalue weighted by molar-refractivity contribution is 5.78. The van der Waals surface area contributed by atoms with Crippen LogP contribution in [0, 0.1) is 5.82 Å². The molecule has 0 amide bonds. The molecule has 0 heterocycles. The van der Waals surface area contributed by atoms with Crippen LogP contribution in [-0.2, 0) is 10.2 Å². The van der Waals surface area contributed by atoms with E-state index in [1.807, 2.05) is 13.8 Å². The summed E-state index contributed by atoms with van der Waals surface area (Å²) >= 11 is 0. The Morgan fingerprint density at radius 2 is 2.20 bits per heavy atom. The van der Waals surface area contributed by atoms with Crippen LogP contribution in [0.2, 0.25) is 0 Å². The number of carboxylic acids is 1. The predicted molar refractivity (Wildman–Crippen MR) is 54.4 cm³/mol. The number of fused-ring (bicyclic) bond motifs is 1. The molecule has 0 bridgehead atoms. The Balaban J connectivity index is 2.63. The smallest absolute Gasteiger partial charge is 0.311 e. The molecule has 2 rings (SSSR count). The third kappa shape index (κ3) is 1.42. The molecule has 0 spiro atoms. The van der Waals surface area contributed by atoms with Crippen molar-refractivity contribution in [2.24, 2.45) is 0 Å². The van der Waals surface area contributed by atoms with E-state index in [1.165, 1.54) is 6.07 Å². The molecule has 80 valence electrons. The second-order valence-corrected chi connectivity index (χ2v) is 4.68. The van der Waals surface area contributed by atoms with Crippen molar-refractivity contribution < 1.29 is 14.3 Å². The molecule has 0 fully saturated rings. The molecule has 1 unspecified atom stereocenters. The van der Waals surface area contributed by atoms with Crippen LogP contribution in [0.15, 0.2) is 18.2 Å². The van der Waals surface area contributed by atoms with E-state index in [0.29, 0.717) is 17.5 Å². The first-order chi connectivity index (χ1) is 6.93. The molecule has 1 aliphatic rings. The third-order valence-electron chi connectivity index (χ3n) is 3.11. The van der Waals surface area contributed by atoms with Crippen molar-refractivity contribution in [2.45, 2.75) is 31.6 Å². The standard InChI is InChI=1S/C12H13FO2/c1-12(2)6-8(11(14)15)7-4-3-5-9(13)10(7)12/h3-5,8H,6H2,1-2H3,(H,14,15). The van der Waals surface area contributed by atoms with Crippen LogP contribution in [0.5, 0.6) is 0 Å². The van der Waals surface area contributed by atoms with Crippen molar-refractivity contribution in [1.29, 1.82) is 0 Å². The van der Waals surface area contributed by atoms with Gasteiger partial charge in [0.25, 0.3) is 0 Å². The Bertz CT molecular complexity index is 424. The van der Waals surface area contributed by atoms with Crippen LogP contribution < -0.4 is 0 Å². The highest BCUT2D eigenvalue weighted by Gasteiger charge is 2.42. The van der Waals surface area contributed by atoms with E-state index in [9.17, 15) is 9.18 Å². The normalized spacial score (nSPS) is 22.5. The van der Waals surface area contributed by atoms with Gasteiger partial charge in [-0.25, -0.2) is 4.39 Å². The average Bonchev–Trinajstić information content (AvgIpc) is 2.39. The second kappa shape index (κ2) is 3.05. The molecule has 0 radical (unpaired) electrons. The quantitative estimate of drug-likeness (QED) is 0.770. The molecular weight excluding hydrogens is 195 g/mol. The van der Waals surface area contributed by atoms with Crippen molar-refractivity contribution in [3.05, 3.63) is 35.1 Å². The maximum absolute atomic E-state index is 13.6. The van der Waals surface area contributed by atoms with Crippen molar-refractivity contribution in [3.63, 3.8) is 0 Å². The van der Waals surface area contributed by atoms with E-state index in [4.69, 9.17) is 5.11 Å². The first-order valence-electron chi connectivity index (χ1n) is 4.95. The minimum absolute atomic E-state index is 0.291. The zero-order valence-corrected chi connectivity index (χ0v) is 8.75. The molecule has 1 aromatic carbocycles. The Morgan fingerprint density at radius 3 is 2.80 bits per heavy atom. The maximum atomic E-state index is 13.6. The van der Waals surface area contributed by atoms with Crippen LogP contribution in [0.25, 0.3) is 0 Å². The van der Waals surface area contributed by atoms with Gasteiger partial charge in [0.15, 0.2) is 0 Å². The topological polar surface area (TPSA) is 37.3 Å². The van der Waals surface area contributed by atoms with Gasteiger partial charge in [0.1, 0.15) is 5.82 Å². The minimum atomic E-state index is -0.868. The highest BCUT2D eigenvalue weighted by Crippen LogP contribution is 2.46. The van der Waals surface area contributed by atoms with Crippen LogP contribution in [-0.4, -0.2) is 11.1 Å². The van der Waals surface area contributed by atoms with Gasteiger partial charge in [-0.05, 0) is 29.0 Å². The number of carboxylic acid groups (broad SMARTS) is 1. The molecule has 0 aliphatic heterocycles. The fraction of sp³-hybridized carbons (Fsp3) is 0.417. The number of halogens is 1. The van der Waals surface area contributed by atoms with E-state index in [-0.39, 0.29) is 11.2 Å². The van der Waals surface area contributed by atoms with Gasteiger partial charge >= 0.3 is 5.97 Å². The minimum Gasteiger partial charge on any atom is -0.481 e. The molecule has 15 heavy (non-hydrogen) atoms. The van der Waals surface area contributed by atoms with Gasteiger partial charge in [-0.2, -0.15) is 0 Å². The number of rotatable bonds is 1. The lowest BCUT2D eigenvalue weighted by atomic mass is 9.86. The summed E-state index contributed by atoms with van der Waals surface area (Å²) in [6.07, 6.45) is 0.471. The molecule has 1 N–H and O–H groups in total. The average molecular weight is 208 g/mol. The summed E-state index contributed by atoms with van der Waals surface area (Å²) in [7, 11) is 0. The lowest BCUT2D eigenvalue weighted by molar-refractivity contribution is -0.139. The number of aliphatic carboxylic acids is 1. The zero-order valence-electron chi connectivity index (χ0n) is 8.75. The van der Waals surface area contributed by atoms with Gasteiger partial charge < -0.3 is 5.11 Å². The molecular formula is C12H13FO2. The van der Waals surface area contributed by atoms with Crippen molar-refractivity contribution in [2.75, 3.05) is 0 Å². The van der Waals surface area contributed by atoms with E-state index in [1.54, 1.807) is 12.1 Å². The third-order valence-corrected chi connectivity index (χ3v) is 3.11. The molecule has 3 heteroatoms. The first kappa shape index (κ1) is 10.1. The number of hydrogen-bond acceptors (Lipinski definition) is 1. The largest absolute Gasteiger partial charge is 0.481 e. The summed E-state index contributed by atoms with van der Waals surface area (Å²) < 4.78 is 13.6. The summed E-state index contributed by atoms with van der Waals surface area (Å²) in [4.78, 5) is 11.0. The van der Waals surface area contributed by atoms with Gasteiger partial charge in [0.2, 0.25) is 0 Å². The molecule has 0 aromatic heterocycles. The second-order valence-electron chi connectivity index (χ2n) is 4.68. The van der Waals surface area contributed by atoms with Gasteiger partial charge in [0.05, 0.1) is 5.92 Å². The summed E-state index contributed by atoms with van der Waals surface area (Å²) in [5.74, 6) is -1.72. The van der Waals surface area contributed by atoms with Crippen LogP contribution in [0.3, 0.4) is 0 Å². The van der Waals surface area contributed by atoms with Crippen LogP contribution in [0.1, 0.15) is 37.3 Å². The van der Waals surface area contributed by atoms with Crippen molar-refractivity contribution in [3.8, 4) is 0 Å². The zero-order chi connectivity index (χ0) is 11.2. The SMILES string of the molecule is CC1(C)CC(C(=O)O)c2cccc(F)c21. The molecule has 1 aliphatic carbocycles. The monoisotopic (exact) mass is 208 g/mol. The molecule has 2 nitrogen and oxygen atoms in total. The van der Waals surface area contributed by atoms with Crippen LogP contribution in [0.4, 0.5) is 4.39 Å². The lowest BCUT2D eigenvalue weighted by Crippen LogP contribution is -2.15. The molecule has 1 aromatic rings. The summed E-state index contributed by atoms with van der Waals surface area (Å²) in [5, 5.41) is 9.06. The van der Waals surface area contributed by atoms with Crippen LogP contribution >= 0.6 is 0 Å². The van der Waals surface area contributed by atoms with E-state index in [0.717, 1.165) is 0 Å². The van der Waals surface area contributed by atoms with Crippen molar-refractivity contribution in [1.82, 2.24) is 0 Å². The highest BCUT2D eigenvalue weighted by atomic mass is 19.1. The molecule has 0 saturated carbocycles. The summed E-state index contributed by atoms with van der Waals surface area (Å²) in [6.45, 7) is 3.77. The molecule has 0 saturated heterocycles. The fourth-order valence-corrected chi connectivity index (χ4v) is 2.49. The predicted octanol–water partition coefficient (Wildman–Crippen LogP) is 2.68. The number of carbonyl (C=O) groups is 1.